The summed E-state index contributed by atoms with van der Waals surface area (Å²) in [5.74, 6) is 1.32. The van der Waals surface area contributed by atoms with E-state index in [1.165, 1.54) is 12.8 Å². The number of fused-ring (bicyclic) bond motifs is 2. The third-order valence-corrected chi connectivity index (χ3v) is 7.25. The Morgan fingerprint density at radius 1 is 1.21 bits per heavy atom. The number of piperidine rings is 1. The normalized spacial score (nSPS) is 18.4. The van der Waals surface area contributed by atoms with Gasteiger partial charge in [0, 0.05) is 41.6 Å². The van der Waals surface area contributed by atoms with Crippen molar-refractivity contribution in [3.63, 3.8) is 0 Å². The Bertz CT molecular complexity index is 1350. The molecule has 1 saturated carbocycles. The van der Waals surface area contributed by atoms with E-state index in [1.807, 2.05) is 30.7 Å². The summed E-state index contributed by atoms with van der Waals surface area (Å²) in [6, 6.07) is 4.61. The molecule has 0 radical (unpaired) electrons. The van der Waals surface area contributed by atoms with Crippen LogP contribution in [0.2, 0.25) is 0 Å². The van der Waals surface area contributed by atoms with E-state index < -0.39 is 0 Å². The van der Waals surface area contributed by atoms with Gasteiger partial charge in [-0.2, -0.15) is 10.1 Å². The van der Waals surface area contributed by atoms with Gasteiger partial charge in [0.2, 0.25) is 5.95 Å². The minimum atomic E-state index is -0.0653. The molecule has 0 spiro atoms. The number of carbonyl (C=O) groups excluding carboxylic acids is 1. The highest BCUT2D eigenvalue weighted by Crippen LogP contribution is 2.34. The Labute approximate surface area is 198 Å². The fourth-order valence-corrected chi connectivity index (χ4v) is 4.87. The van der Waals surface area contributed by atoms with Crippen molar-refractivity contribution in [2.24, 2.45) is 5.92 Å². The summed E-state index contributed by atoms with van der Waals surface area (Å²) in [5.41, 5.74) is 4.17. The minimum absolute atomic E-state index is 0.0653. The number of amides is 1. The van der Waals surface area contributed by atoms with Crippen LogP contribution in [0.4, 0.5) is 5.95 Å². The van der Waals surface area contributed by atoms with E-state index in [4.69, 9.17) is 0 Å². The van der Waals surface area contributed by atoms with Gasteiger partial charge in [0.1, 0.15) is 5.65 Å². The van der Waals surface area contributed by atoms with Crippen LogP contribution < -0.4 is 10.6 Å². The SMILES string of the molecule is C[C@@H](Nc1ncc2c(-c3ccn4ncc(C(=O)NC5CCN(C)CC5)c4c3)c[nH]c2n1)C1CC1. The van der Waals surface area contributed by atoms with Gasteiger partial charge in [-0.25, -0.2) is 9.50 Å². The number of hydrogen-bond acceptors (Lipinski definition) is 6. The molecule has 6 rings (SSSR count). The van der Waals surface area contributed by atoms with Gasteiger partial charge in [-0.3, -0.25) is 4.79 Å². The average molecular weight is 459 g/mol. The molecule has 1 aliphatic heterocycles. The Balaban J connectivity index is 1.26. The summed E-state index contributed by atoms with van der Waals surface area (Å²) in [6.07, 6.45) is 11.9. The molecule has 0 aromatic carbocycles. The number of hydrogen-bond donors (Lipinski definition) is 3. The number of likely N-dealkylation sites (tertiary alicyclic amines) is 1. The smallest absolute Gasteiger partial charge is 0.255 e. The van der Waals surface area contributed by atoms with Gasteiger partial charge in [0.05, 0.1) is 17.3 Å². The second-order valence-electron chi connectivity index (χ2n) is 9.78. The molecule has 0 unspecified atom stereocenters. The first-order valence-electron chi connectivity index (χ1n) is 12.1. The molecular weight excluding hydrogens is 428 g/mol. The van der Waals surface area contributed by atoms with Crippen LogP contribution in [0, 0.1) is 5.92 Å². The summed E-state index contributed by atoms with van der Waals surface area (Å²) in [5, 5.41) is 12.0. The fraction of sp³-hybridized carbons (Fsp3) is 0.440. The highest BCUT2D eigenvalue weighted by Gasteiger charge is 2.28. The Morgan fingerprint density at radius 2 is 2.03 bits per heavy atom. The third kappa shape index (κ3) is 4.00. The van der Waals surface area contributed by atoms with E-state index in [9.17, 15) is 4.79 Å². The van der Waals surface area contributed by atoms with Crippen LogP contribution in [0.15, 0.2) is 36.9 Å². The molecule has 1 amide bonds. The van der Waals surface area contributed by atoms with Gasteiger partial charge >= 0.3 is 0 Å². The lowest BCUT2D eigenvalue weighted by Crippen LogP contribution is -2.43. The molecule has 3 N–H and O–H groups in total. The first kappa shape index (κ1) is 21.1. The average Bonchev–Trinajstić information content (AvgIpc) is 3.48. The van der Waals surface area contributed by atoms with Crippen LogP contribution in [0.25, 0.3) is 27.7 Å². The lowest BCUT2D eigenvalue weighted by Gasteiger charge is -2.29. The van der Waals surface area contributed by atoms with E-state index in [0.717, 1.165) is 59.5 Å². The molecule has 4 aromatic rings. The lowest BCUT2D eigenvalue weighted by atomic mass is 10.0. The molecular formula is C25H30N8O. The summed E-state index contributed by atoms with van der Waals surface area (Å²) in [6.45, 7) is 4.19. The number of nitrogens with one attached hydrogen (secondary N) is 3. The number of H-pyrrole nitrogens is 1. The van der Waals surface area contributed by atoms with Gasteiger partial charge < -0.3 is 20.5 Å². The predicted molar refractivity (Wildman–Crippen MR) is 132 cm³/mol. The number of rotatable bonds is 6. The zero-order valence-corrected chi connectivity index (χ0v) is 19.6. The highest BCUT2D eigenvalue weighted by atomic mass is 16.1. The maximum atomic E-state index is 13.0. The van der Waals surface area contributed by atoms with Gasteiger partial charge in [-0.05, 0) is 76.4 Å². The van der Waals surface area contributed by atoms with Gasteiger partial charge in [0.25, 0.3) is 5.91 Å². The number of carbonyl (C=O) groups is 1. The van der Waals surface area contributed by atoms with E-state index in [0.29, 0.717) is 17.6 Å². The maximum Gasteiger partial charge on any atom is 0.255 e. The largest absolute Gasteiger partial charge is 0.351 e. The van der Waals surface area contributed by atoms with Crippen LogP contribution in [0.3, 0.4) is 0 Å². The van der Waals surface area contributed by atoms with Crippen molar-refractivity contribution < 1.29 is 4.79 Å². The first-order valence-corrected chi connectivity index (χ1v) is 12.1. The molecule has 5 heterocycles. The number of aromatic amines is 1. The number of nitrogens with zero attached hydrogens (tertiary/aromatic N) is 5. The summed E-state index contributed by atoms with van der Waals surface area (Å²) in [7, 11) is 2.12. The number of aromatic nitrogens is 5. The molecule has 0 bridgehead atoms. The van der Waals surface area contributed by atoms with Crippen molar-refractivity contribution in [3.05, 3.63) is 42.5 Å². The maximum absolute atomic E-state index is 13.0. The van der Waals surface area contributed by atoms with E-state index in [1.54, 1.807) is 10.7 Å². The molecule has 1 saturated heterocycles. The monoisotopic (exact) mass is 458 g/mol. The van der Waals surface area contributed by atoms with Crippen molar-refractivity contribution in [1.29, 1.82) is 0 Å². The highest BCUT2D eigenvalue weighted by molar-refractivity contribution is 6.02. The van der Waals surface area contributed by atoms with Gasteiger partial charge in [-0.1, -0.05) is 0 Å². The van der Waals surface area contributed by atoms with Crippen molar-refractivity contribution in [3.8, 4) is 11.1 Å². The van der Waals surface area contributed by atoms with Crippen LogP contribution >= 0.6 is 0 Å². The van der Waals surface area contributed by atoms with Crippen LogP contribution in [0.1, 0.15) is 43.0 Å². The lowest BCUT2D eigenvalue weighted by molar-refractivity contribution is 0.0918. The van der Waals surface area contributed by atoms with Gasteiger partial charge in [-0.15, -0.1) is 0 Å². The quantitative estimate of drug-likeness (QED) is 0.410. The standard InChI is InChI=1S/C25H30N8O/c1-15(16-3-4-16)29-25-27-13-20-19(12-26-23(20)31-25)17-5-10-33-22(11-17)21(14-28-33)24(34)30-18-6-8-32(2)9-7-18/h5,10-16,18H,3-4,6-9H2,1-2H3,(H,30,34)(H2,26,27,29,31)/t15-/m1/s1. The summed E-state index contributed by atoms with van der Waals surface area (Å²) < 4.78 is 1.75. The molecule has 176 valence electrons. The minimum Gasteiger partial charge on any atom is -0.351 e. The topological polar surface area (TPSA) is 103 Å². The molecule has 1 aliphatic carbocycles. The van der Waals surface area contributed by atoms with E-state index in [-0.39, 0.29) is 11.9 Å². The zero-order valence-electron chi connectivity index (χ0n) is 19.6. The van der Waals surface area contributed by atoms with Crippen LogP contribution in [-0.2, 0) is 0 Å². The Hall–Kier alpha value is -3.46. The molecule has 2 aliphatic rings. The Morgan fingerprint density at radius 3 is 2.82 bits per heavy atom. The summed E-state index contributed by atoms with van der Waals surface area (Å²) >= 11 is 0. The first-order chi connectivity index (χ1) is 16.5. The van der Waals surface area contributed by atoms with Crippen molar-refractivity contribution in [2.45, 2.75) is 44.7 Å². The molecule has 9 heteroatoms. The molecule has 9 nitrogen and oxygen atoms in total. The zero-order chi connectivity index (χ0) is 23.2. The predicted octanol–water partition coefficient (Wildman–Crippen LogP) is 3.31. The van der Waals surface area contributed by atoms with E-state index >= 15 is 0 Å². The second kappa shape index (κ2) is 8.39. The van der Waals surface area contributed by atoms with Crippen molar-refractivity contribution in [2.75, 3.05) is 25.5 Å². The fourth-order valence-electron chi connectivity index (χ4n) is 4.87. The van der Waals surface area contributed by atoms with Crippen molar-refractivity contribution >= 4 is 28.4 Å². The number of anilines is 1. The molecule has 2 fully saturated rings. The second-order valence-corrected chi connectivity index (χ2v) is 9.78. The third-order valence-electron chi connectivity index (χ3n) is 7.25. The number of pyridine rings is 1. The Kier molecular flexibility index (Phi) is 5.21. The van der Waals surface area contributed by atoms with E-state index in [2.05, 4.69) is 49.6 Å². The van der Waals surface area contributed by atoms with Crippen molar-refractivity contribution in [1.82, 2.24) is 34.8 Å². The molecule has 34 heavy (non-hydrogen) atoms. The summed E-state index contributed by atoms with van der Waals surface area (Å²) in [4.78, 5) is 27.9. The van der Waals surface area contributed by atoms with Crippen LogP contribution in [0.5, 0.6) is 0 Å². The molecule has 4 aromatic heterocycles. The molecule has 1 atom stereocenters. The van der Waals surface area contributed by atoms with Crippen LogP contribution in [-0.4, -0.2) is 67.6 Å². The van der Waals surface area contributed by atoms with Gasteiger partial charge in [0.15, 0.2) is 0 Å².